The summed E-state index contributed by atoms with van der Waals surface area (Å²) in [4.78, 5) is 41.5. The molecule has 14 heteroatoms. The number of aromatic nitrogens is 5. The lowest BCUT2D eigenvalue weighted by atomic mass is 10.1. The Kier molecular flexibility index (Phi) is 7.59. The molecule has 39 heavy (non-hydrogen) atoms. The van der Waals surface area contributed by atoms with E-state index in [4.69, 9.17) is 14.2 Å². The third-order valence-corrected chi connectivity index (χ3v) is 7.91. The maximum atomic E-state index is 14.4. The topological polar surface area (TPSA) is 132 Å². The highest BCUT2D eigenvalue weighted by Gasteiger charge is 2.31. The van der Waals surface area contributed by atoms with E-state index in [1.54, 1.807) is 6.92 Å². The highest BCUT2D eigenvalue weighted by molar-refractivity contribution is 7.21. The summed E-state index contributed by atoms with van der Waals surface area (Å²) in [6, 6.07) is 3.40. The molecule has 1 aliphatic heterocycles. The summed E-state index contributed by atoms with van der Waals surface area (Å²) in [5.74, 6) is -0.360. The molecule has 5 rings (SSSR count). The molecule has 3 aromatic heterocycles. The number of halogens is 1. The molecule has 1 fully saturated rings. The van der Waals surface area contributed by atoms with Gasteiger partial charge in [-0.2, -0.15) is 10.2 Å². The summed E-state index contributed by atoms with van der Waals surface area (Å²) >= 11 is 1.19. The zero-order chi connectivity index (χ0) is 27.7. The monoisotopic (exact) mass is 558 g/mol. The van der Waals surface area contributed by atoms with Gasteiger partial charge in [0.1, 0.15) is 27.5 Å². The molecule has 1 aromatic carbocycles. The molecule has 1 N–H and O–H groups in total. The number of thiophene rings is 1. The Labute approximate surface area is 225 Å². The number of benzene rings is 1. The predicted molar refractivity (Wildman–Crippen MR) is 140 cm³/mol. The summed E-state index contributed by atoms with van der Waals surface area (Å²) in [6.07, 6.45) is 2.19. The van der Waals surface area contributed by atoms with Gasteiger partial charge in [-0.05, 0) is 25.1 Å². The number of nitrogens with zero attached hydrogens (tertiary/aromatic N) is 5. The third kappa shape index (κ3) is 4.97. The fourth-order valence-corrected chi connectivity index (χ4v) is 5.98. The van der Waals surface area contributed by atoms with Crippen molar-refractivity contribution in [1.29, 1.82) is 0 Å². The third-order valence-electron chi connectivity index (χ3n) is 6.63. The Hall–Kier alpha value is -3.88. The van der Waals surface area contributed by atoms with E-state index in [1.807, 2.05) is 0 Å². The van der Waals surface area contributed by atoms with Crippen LogP contribution < -0.4 is 21.3 Å². The number of amides is 1. The Balaban J connectivity index is 1.73. The number of aryl methyl sites for hydroxylation is 1. The van der Waals surface area contributed by atoms with Crippen LogP contribution in [-0.4, -0.2) is 64.0 Å². The summed E-state index contributed by atoms with van der Waals surface area (Å²) < 4.78 is 33.6. The quantitative estimate of drug-likeness (QED) is 0.291. The lowest BCUT2D eigenvalue weighted by Crippen LogP contribution is -2.43. The van der Waals surface area contributed by atoms with Gasteiger partial charge in [0.2, 0.25) is 5.91 Å². The van der Waals surface area contributed by atoms with Crippen LogP contribution in [0, 0.1) is 12.7 Å². The minimum atomic E-state index is -0.838. The van der Waals surface area contributed by atoms with Crippen LogP contribution in [0.5, 0.6) is 5.75 Å². The first-order valence-electron chi connectivity index (χ1n) is 12.2. The van der Waals surface area contributed by atoms with E-state index in [1.165, 1.54) is 65.5 Å². The van der Waals surface area contributed by atoms with E-state index in [2.05, 4.69) is 15.5 Å². The number of carbonyl (C=O) groups is 1. The number of ether oxygens (including phenoxy) is 3. The zero-order valence-corrected chi connectivity index (χ0v) is 22.4. The molecule has 0 aliphatic carbocycles. The van der Waals surface area contributed by atoms with Gasteiger partial charge in [0.15, 0.2) is 0 Å². The summed E-state index contributed by atoms with van der Waals surface area (Å²) in [7, 11) is 2.99. The normalized spacial score (nSPS) is 16.1. The summed E-state index contributed by atoms with van der Waals surface area (Å²) in [6.45, 7) is 2.27. The van der Waals surface area contributed by atoms with E-state index in [0.717, 1.165) is 4.57 Å². The second kappa shape index (κ2) is 11.1. The van der Waals surface area contributed by atoms with Crippen molar-refractivity contribution in [3.8, 4) is 10.8 Å². The maximum absolute atomic E-state index is 14.4. The molecular formula is C25H27FN6O6S. The molecule has 0 spiro atoms. The summed E-state index contributed by atoms with van der Waals surface area (Å²) in [5, 5.41) is 12.0. The molecule has 0 unspecified atom stereocenters. The number of fused-ring (bicyclic) bond motifs is 1. The highest BCUT2D eigenvalue weighted by Crippen LogP contribution is 2.34. The van der Waals surface area contributed by atoms with Crippen molar-refractivity contribution < 1.29 is 23.4 Å². The molecule has 0 bridgehead atoms. The van der Waals surface area contributed by atoms with Crippen LogP contribution in [0.1, 0.15) is 29.7 Å². The van der Waals surface area contributed by atoms with Gasteiger partial charge in [0, 0.05) is 31.2 Å². The van der Waals surface area contributed by atoms with Crippen molar-refractivity contribution in [3.63, 3.8) is 0 Å². The van der Waals surface area contributed by atoms with Gasteiger partial charge in [0.05, 0.1) is 50.7 Å². The lowest BCUT2D eigenvalue weighted by Gasteiger charge is -2.23. The fourth-order valence-electron chi connectivity index (χ4n) is 4.76. The van der Waals surface area contributed by atoms with Crippen LogP contribution >= 0.6 is 11.3 Å². The van der Waals surface area contributed by atoms with Gasteiger partial charge in [0.25, 0.3) is 5.56 Å². The summed E-state index contributed by atoms with van der Waals surface area (Å²) in [5.41, 5.74) is -0.117. The minimum absolute atomic E-state index is 0.00287. The van der Waals surface area contributed by atoms with Crippen LogP contribution in [-0.2, 0) is 20.8 Å². The van der Waals surface area contributed by atoms with Crippen molar-refractivity contribution in [3.05, 3.63) is 68.4 Å². The van der Waals surface area contributed by atoms with Gasteiger partial charge in [-0.15, -0.1) is 4.80 Å². The van der Waals surface area contributed by atoms with Crippen LogP contribution in [0.4, 0.5) is 4.39 Å². The largest absolute Gasteiger partial charge is 0.496 e. The van der Waals surface area contributed by atoms with Crippen molar-refractivity contribution in [1.82, 2.24) is 29.4 Å². The first kappa shape index (κ1) is 26.7. The van der Waals surface area contributed by atoms with Gasteiger partial charge >= 0.3 is 5.69 Å². The van der Waals surface area contributed by atoms with Crippen LogP contribution in [0.2, 0.25) is 0 Å². The molecular weight excluding hydrogens is 531 g/mol. The predicted octanol–water partition coefficient (Wildman–Crippen LogP) is 1.73. The van der Waals surface area contributed by atoms with Crippen molar-refractivity contribution in [2.45, 2.75) is 32.0 Å². The number of rotatable bonds is 10. The number of methoxy groups -OCH3 is 2. The van der Waals surface area contributed by atoms with Gasteiger partial charge in [-0.3, -0.25) is 18.7 Å². The molecule has 4 aromatic rings. The Morgan fingerprint density at radius 1 is 1.18 bits per heavy atom. The van der Waals surface area contributed by atoms with Gasteiger partial charge in [-0.25, -0.2) is 9.18 Å². The molecule has 0 radical (unpaired) electrons. The van der Waals surface area contributed by atoms with E-state index in [9.17, 15) is 18.8 Å². The molecule has 206 valence electrons. The Morgan fingerprint density at radius 3 is 2.62 bits per heavy atom. The minimum Gasteiger partial charge on any atom is -0.496 e. The van der Waals surface area contributed by atoms with E-state index < -0.39 is 29.2 Å². The second-order valence-electron chi connectivity index (χ2n) is 9.00. The smallest absolute Gasteiger partial charge is 0.332 e. The molecule has 12 nitrogen and oxygen atoms in total. The Morgan fingerprint density at radius 2 is 1.95 bits per heavy atom. The first-order valence-corrected chi connectivity index (χ1v) is 13.0. The molecule has 1 saturated heterocycles. The molecule has 0 saturated carbocycles. The first-order chi connectivity index (χ1) is 18.8. The van der Waals surface area contributed by atoms with Crippen LogP contribution in [0.3, 0.4) is 0 Å². The molecule has 4 heterocycles. The molecule has 2 atom stereocenters. The van der Waals surface area contributed by atoms with E-state index >= 15 is 0 Å². The number of nitrogens with one attached hydrogen (secondary N) is 1. The van der Waals surface area contributed by atoms with E-state index in [-0.39, 0.29) is 38.6 Å². The van der Waals surface area contributed by atoms with Crippen molar-refractivity contribution >= 4 is 27.5 Å². The highest BCUT2D eigenvalue weighted by atomic mass is 32.1. The SMILES string of the molecule is COCCO[C@@H](Cn1c(=O)n([C@H]2CNC(=O)C2)c(=O)c2c(C)c(-n3nccn3)sc21)c1cc(F)ccc1OC. The average molecular weight is 559 g/mol. The van der Waals surface area contributed by atoms with Gasteiger partial charge in [-0.1, -0.05) is 11.3 Å². The van der Waals surface area contributed by atoms with Crippen LogP contribution in [0.25, 0.3) is 15.2 Å². The fraction of sp³-hybridized carbons (Fsp3) is 0.400. The van der Waals surface area contributed by atoms with Gasteiger partial charge < -0.3 is 19.5 Å². The Bertz CT molecular complexity index is 1630. The maximum Gasteiger partial charge on any atom is 0.332 e. The second-order valence-corrected chi connectivity index (χ2v) is 9.98. The van der Waals surface area contributed by atoms with E-state index in [0.29, 0.717) is 32.1 Å². The number of hydrogen-bond donors (Lipinski definition) is 1. The molecule has 1 aliphatic rings. The number of hydrogen-bond acceptors (Lipinski definition) is 9. The number of carbonyl (C=O) groups excluding carboxylic acids is 1. The standard InChI is InChI=1S/C25H27FN6O6S/c1-14-21-22(34)31(16-11-20(33)27-12-16)25(35)30(24(21)39-23(14)32-28-6-7-29-32)13-19(38-9-8-36-2)17-10-15(26)4-5-18(17)37-3/h4-7,10,16,19H,8-9,11-13H2,1-3H3,(H,27,33)/t16-,19+/m1/s1. The molecule has 1 amide bonds. The van der Waals surface area contributed by atoms with Crippen molar-refractivity contribution in [2.75, 3.05) is 34.0 Å². The lowest BCUT2D eigenvalue weighted by molar-refractivity contribution is -0.119. The zero-order valence-electron chi connectivity index (χ0n) is 21.5. The van der Waals surface area contributed by atoms with Crippen LogP contribution in [0.15, 0.2) is 40.2 Å². The van der Waals surface area contributed by atoms with Crippen molar-refractivity contribution in [2.24, 2.45) is 0 Å². The average Bonchev–Trinajstić information content (AvgIpc) is 3.66.